The summed E-state index contributed by atoms with van der Waals surface area (Å²) < 4.78 is 0. The zero-order chi connectivity index (χ0) is 13.3. The predicted octanol–water partition coefficient (Wildman–Crippen LogP) is 0.908. The van der Waals surface area contributed by atoms with Crippen LogP contribution in [0.2, 0.25) is 0 Å². The summed E-state index contributed by atoms with van der Waals surface area (Å²) in [4.78, 5) is 21.4. The first-order chi connectivity index (χ1) is 8.52. The van der Waals surface area contributed by atoms with Crippen LogP contribution < -0.4 is 5.32 Å². The zero-order valence-electron chi connectivity index (χ0n) is 9.30. The van der Waals surface area contributed by atoms with Crippen molar-refractivity contribution in [1.29, 1.82) is 0 Å². The van der Waals surface area contributed by atoms with Gasteiger partial charge in [0, 0.05) is 18.6 Å². The lowest BCUT2D eigenvalue weighted by molar-refractivity contribution is -0.384. The molecule has 1 aliphatic carbocycles. The highest BCUT2D eigenvalue weighted by Crippen LogP contribution is 2.33. The van der Waals surface area contributed by atoms with Crippen LogP contribution in [-0.2, 0) is 11.2 Å². The highest BCUT2D eigenvalue weighted by molar-refractivity contribution is 6.27. The smallest absolute Gasteiger partial charge is 0.269 e. The van der Waals surface area contributed by atoms with Gasteiger partial charge in [0.05, 0.1) is 17.1 Å². The third kappa shape index (κ3) is 2.30. The minimum absolute atomic E-state index is 0.0621. The second kappa shape index (κ2) is 4.91. The van der Waals surface area contributed by atoms with Crippen molar-refractivity contribution in [2.45, 2.75) is 18.6 Å². The van der Waals surface area contributed by atoms with E-state index in [1.807, 2.05) is 0 Å². The summed E-state index contributed by atoms with van der Waals surface area (Å²) in [6.07, 6.45) is -0.422. The fourth-order valence-electron chi connectivity index (χ4n) is 2.11. The summed E-state index contributed by atoms with van der Waals surface area (Å²) in [5, 5.41) is 23.1. The van der Waals surface area contributed by atoms with Crippen LogP contribution in [0.1, 0.15) is 17.2 Å². The number of aliphatic hydroxyl groups excluding tert-OH is 1. The van der Waals surface area contributed by atoms with Gasteiger partial charge in [-0.2, -0.15) is 0 Å². The standard InChI is InChI=1S/C11H11ClN2O4/c12-5-10(16)13-11-8-4-7(14(17)18)2-1-6(8)3-9(11)15/h1-2,4,9,11,15H,3,5H2,(H,13,16)/t9?,11-/m1/s1. The number of nitro benzene ring substituents is 1. The Labute approximate surface area is 108 Å². The van der Waals surface area contributed by atoms with Crippen LogP contribution >= 0.6 is 11.6 Å². The summed E-state index contributed by atoms with van der Waals surface area (Å²) in [6.45, 7) is 0. The van der Waals surface area contributed by atoms with E-state index in [0.29, 0.717) is 12.0 Å². The summed E-state index contributed by atoms with van der Waals surface area (Å²) in [7, 11) is 0. The molecule has 0 aromatic heterocycles. The number of carbonyl (C=O) groups is 1. The van der Waals surface area contributed by atoms with Gasteiger partial charge in [0.15, 0.2) is 0 Å². The van der Waals surface area contributed by atoms with Crippen molar-refractivity contribution in [3.05, 3.63) is 39.4 Å². The number of rotatable bonds is 3. The van der Waals surface area contributed by atoms with Gasteiger partial charge in [-0.15, -0.1) is 11.6 Å². The second-order valence-electron chi connectivity index (χ2n) is 4.09. The van der Waals surface area contributed by atoms with Crippen LogP contribution in [0, 0.1) is 10.1 Å². The Kier molecular flexibility index (Phi) is 3.49. The van der Waals surface area contributed by atoms with Gasteiger partial charge in [0.25, 0.3) is 5.69 Å². The van der Waals surface area contributed by atoms with E-state index in [-0.39, 0.29) is 11.6 Å². The fourth-order valence-corrected chi connectivity index (χ4v) is 2.18. The SMILES string of the molecule is O=C(CCl)N[C@@H]1c2cc([N+](=O)[O-])ccc2CC1O. The monoisotopic (exact) mass is 270 g/mol. The van der Waals surface area contributed by atoms with Crippen molar-refractivity contribution in [3.63, 3.8) is 0 Å². The van der Waals surface area contributed by atoms with Crippen LogP contribution in [0.4, 0.5) is 5.69 Å². The van der Waals surface area contributed by atoms with Crippen LogP contribution in [0.25, 0.3) is 0 Å². The number of amides is 1. The van der Waals surface area contributed by atoms with E-state index in [0.717, 1.165) is 5.56 Å². The number of nitrogens with one attached hydrogen (secondary N) is 1. The molecule has 0 saturated heterocycles. The Morgan fingerprint density at radius 3 is 2.94 bits per heavy atom. The van der Waals surface area contributed by atoms with Gasteiger partial charge in [-0.25, -0.2) is 0 Å². The number of fused-ring (bicyclic) bond motifs is 1. The summed E-state index contributed by atoms with van der Waals surface area (Å²) >= 11 is 5.39. The first-order valence-corrected chi connectivity index (χ1v) is 5.87. The largest absolute Gasteiger partial charge is 0.390 e. The number of benzene rings is 1. The Morgan fingerprint density at radius 2 is 2.33 bits per heavy atom. The van der Waals surface area contributed by atoms with Crippen LogP contribution in [0.15, 0.2) is 18.2 Å². The van der Waals surface area contributed by atoms with Gasteiger partial charge in [-0.1, -0.05) is 6.07 Å². The quantitative estimate of drug-likeness (QED) is 0.485. The fraction of sp³-hybridized carbons (Fsp3) is 0.364. The van der Waals surface area contributed by atoms with E-state index in [2.05, 4.69) is 5.32 Å². The normalized spacial score (nSPS) is 21.4. The number of nitrogens with zero attached hydrogens (tertiary/aromatic N) is 1. The average molecular weight is 271 g/mol. The van der Waals surface area contributed by atoms with E-state index >= 15 is 0 Å². The molecule has 0 aliphatic heterocycles. The molecule has 0 spiro atoms. The first kappa shape index (κ1) is 12.8. The maximum Gasteiger partial charge on any atom is 0.269 e. The van der Waals surface area contributed by atoms with Crippen LogP contribution in [0.3, 0.4) is 0 Å². The van der Waals surface area contributed by atoms with Crippen molar-refractivity contribution >= 4 is 23.2 Å². The Bertz CT molecular complexity index is 506. The van der Waals surface area contributed by atoms with Crippen molar-refractivity contribution in [2.24, 2.45) is 0 Å². The molecule has 18 heavy (non-hydrogen) atoms. The molecule has 1 unspecified atom stereocenters. The maximum atomic E-state index is 11.3. The molecule has 0 radical (unpaired) electrons. The Balaban J connectivity index is 2.33. The van der Waals surface area contributed by atoms with E-state index < -0.39 is 23.0 Å². The molecule has 2 N–H and O–H groups in total. The predicted molar refractivity (Wildman–Crippen MR) is 64.4 cm³/mol. The topological polar surface area (TPSA) is 92.5 Å². The molecule has 1 amide bonds. The summed E-state index contributed by atoms with van der Waals surface area (Å²) in [5.74, 6) is -0.631. The van der Waals surface area contributed by atoms with Gasteiger partial charge in [0.2, 0.25) is 5.91 Å². The molecule has 2 atom stereocenters. The number of halogens is 1. The number of carbonyl (C=O) groups excluding carboxylic acids is 1. The molecule has 6 nitrogen and oxygen atoms in total. The number of alkyl halides is 1. The average Bonchev–Trinajstić information content (AvgIpc) is 2.65. The van der Waals surface area contributed by atoms with Crippen molar-refractivity contribution in [1.82, 2.24) is 5.32 Å². The maximum absolute atomic E-state index is 11.3. The van der Waals surface area contributed by atoms with E-state index in [9.17, 15) is 20.0 Å². The lowest BCUT2D eigenvalue weighted by Gasteiger charge is -2.16. The number of aliphatic hydroxyl groups is 1. The molecule has 1 aromatic rings. The van der Waals surface area contributed by atoms with Gasteiger partial charge >= 0.3 is 0 Å². The third-order valence-electron chi connectivity index (χ3n) is 2.93. The van der Waals surface area contributed by atoms with Gasteiger partial charge in [-0.05, 0) is 11.1 Å². The molecule has 0 heterocycles. The number of hydrogen-bond acceptors (Lipinski definition) is 4. The minimum atomic E-state index is -0.783. The van der Waals surface area contributed by atoms with Crippen molar-refractivity contribution in [2.75, 3.05) is 5.88 Å². The van der Waals surface area contributed by atoms with Crippen molar-refractivity contribution in [3.8, 4) is 0 Å². The van der Waals surface area contributed by atoms with E-state index in [1.165, 1.54) is 12.1 Å². The van der Waals surface area contributed by atoms with Crippen LogP contribution in [0.5, 0.6) is 0 Å². The molecule has 1 aromatic carbocycles. The Hall–Kier alpha value is -1.66. The van der Waals surface area contributed by atoms with Gasteiger partial charge in [-0.3, -0.25) is 14.9 Å². The molecule has 7 heteroatoms. The Morgan fingerprint density at radius 1 is 1.61 bits per heavy atom. The number of non-ortho nitro benzene ring substituents is 1. The molecule has 96 valence electrons. The van der Waals surface area contributed by atoms with Crippen LogP contribution in [-0.4, -0.2) is 27.9 Å². The van der Waals surface area contributed by atoms with E-state index in [1.54, 1.807) is 6.07 Å². The second-order valence-corrected chi connectivity index (χ2v) is 4.36. The first-order valence-electron chi connectivity index (χ1n) is 5.33. The zero-order valence-corrected chi connectivity index (χ0v) is 10.1. The van der Waals surface area contributed by atoms with Gasteiger partial charge < -0.3 is 10.4 Å². The lowest BCUT2D eigenvalue weighted by atomic mass is 10.1. The van der Waals surface area contributed by atoms with E-state index in [4.69, 9.17) is 11.6 Å². The molecular weight excluding hydrogens is 260 g/mol. The molecule has 0 fully saturated rings. The highest BCUT2D eigenvalue weighted by Gasteiger charge is 2.33. The lowest BCUT2D eigenvalue weighted by Crippen LogP contribution is -2.34. The molecule has 0 bridgehead atoms. The number of hydrogen-bond donors (Lipinski definition) is 2. The molecule has 2 rings (SSSR count). The minimum Gasteiger partial charge on any atom is -0.390 e. The molecular formula is C11H11ClN2O4. The summed E-state index contributed by atoms with van der Waals surface area (Å²) in [5.41, 5.74) is 1.32. The molecule has 1 aliphatic rings. The highest BCUT2D eigenvalue weighted by atomic mass is 35.5. The number of nitro groups is 1. The van der Waals surface area contributed by atoms with Crippen molar-refractivity contribution < 1.29 is 14.8 Å². The summed E-state index contributed by atoms with van der Waals surface area (Å²) in [6, 6.07) is 3.73. The third-order valence-corrected chi connectivity index (χ3v) is 3.17. The van der Waals surface area contributed by atoms with Gasteiger partial charge in [0.1, 0.15) is 5.88 Å². The molecule has 0 saturated carbocycles.